The molecule has 1 amide bonds. The number of fused-ring (bicyclic) bond motifs is 2. The van der Waals surface area contributed by atoms with Crippen LogP contribution in [0.4, 0.5) is 11.4 Å². The average molecular weight is 522 g/mol. The molecule has 1 N–H and O–H groups in total. The van der Waals surface area contributed by atoms with Crippen molar-refractivity contribution in [2.75, 3.05) is 45.2 Å². The van der Waals surface area contributed by atoms with E-state index in [4.69, 9.17) is 0 Å². The van der Waals surface area contributed by atoms with E-state index in [1.165, 1.54) is 41.4 Å². The summed E-state index contributed by atoms with van der Waals surface area (Å²) in [5.74, 6) is 0.0182. The second kappa shape index (κ2) is 11.7. The van der Waals surface area contributed by atoms with Crippen molar-refractivity contribution >= 4 is 39.4 Å². The summed E-state index contributed by atoms with van der Waals surface area (Å²) >= 11 is 1.81. The predicted octanol–water partition coefficient (Wildman–Crippen LogP) is 4.15. The van der Waals surface area contributed by atoms with Crippen LogP contribution in [0.15, 0.2) is 52.3 Å². The second-order valence-corrected chi connectivity index (χ2v) is 11.5. The van der Waals surface area contributed by atoms with Crippen molar-refractivity contribution < 1.29 is 26.4 Å². The van der Waals surface area contributed by atoms with Gasteiger partial charge in [-0.15, -0.1) is 0 Å². The summed E-state index contributed by atoms with van der Waals surface area (Å²) in [5, 5.41) is 3.02. The van der Waals surface area contributed by atoms with Gasteiger partial charge in [0, 0.05) is 34.7 Å². The van der Waals surface area contributed by atoms with Crippen LogP contribution in [0.3, 0.4) is 0 Å². The molecular formula is C25H35N3O5S2. The lowest BCUT2D eigenvalue weighted by Gasteiger charge is -2.41. The van der Waals surface area contributed by atoms with Crippen molar-refractivity contribution in [2.45, 2.75) is 48.9 Å². The molecule has 35 heavy (non-hydrogen) atoms. The number of nitrogens with one attached hydrogen (secondary N) is 1. The molecule has 1 fully saturated rings. The number of likely N-dealkylation sites (tertiary alicyclic amines) is 1. The minimum absolute atomic E-state index is 0.0182. The van der Waals surface area contributed by atoms with E-state index in [-0.39, 0.29) is 5.91 Å². The third kappa shape index (κ3) is 7.20. The molecule has 1 unspecified atom stereocenters. The van der Waals surface area contributed by atoms with Crippen LogP contribution in [0.1, 0.15) is 43.5 Å². The van der Waals surface area contributed by atoms with Crippen LogP contribution in [0, 0.1) is 0 Å². The molecule has 8 nitrogen and oxygen atoms in total. The van der Waals surface area contributed by atoms with Gasteiger partial charge in [0.1, 0.15) is 0 Å². The second-order valence-electron chi connectivity index (χ2n) is 9.26. The highest BCUT2D eigenvalue weighted by Crippen LogP contribution is 2.49. The number of hydrogen-bond acceptors (Lipinski definition) is 7. The molecule has 0 saturated carbocycles. The third-order valence-electron chi connectivity index (χ3n) is 6.36. The summed E-state index contributed by atoms with van der Waals surface area (Å²) in [6, 6.07) is 15.2. The SMILES string of the molecule is CCCNC(=O)c1ccc2c(c1)N(C(C)C[N+]1(C)CCCC1)c1ccccc1S2.COS(=O)(=O)[O-]. The Bertz CT molecular complexity index is 1130. The van der Waals surface area contributed by atoms with Gasteiger partial charge in [0.05, 0.1) is 51.2 Å². The Labute approximate surface area is 213 Å². The van der Waals surface area contributed by atoms with Gasteiger partial charge in [0.2, 0.25) is 10.4 Å². The van der Waals surface area contributed by atoms with Gasteiger partial charge in [-0.25, -0.2) is 8.42 Å². The van der Waals surface area contributed by atoms with Gasteiger partial charge in [-0.1, -0.05) is 30.8 Å². The number of amides is 1. The Morgan fingerprint density at radius 2 is 1.80 bits per heavy atom. The fourth-order valence-corrected chi connectivity index (χ4v) is 5.79. The molecule has 0 aromatic heterocycles. The topological polar surface area (TPSA) is 98.8 Å². The first-order chi connectivity index (χ1) is 16.6. The first kappa shape index (κ1) is 27.5. The number of quaternary nitrogens is 1. The highest BCUT2D eigenvalue weighted by molar-refractivity contribution is 7.99. The maximum Gasteiger partial charge on any atom is 0.251 e. The molecule has 0 spiro atoms. The number of para-hydroxylation sites is 1. The number of likely N-dealkylation sites (N-methyl/N-ethyl adjacent to an activating group) is 1. The monoisotopic (exact) mass is 521 g/mol. The van der Waals surface area contributed by atoms with E-state index in [0.29, 0.717) is 12.6 Å². The molecule has 2 aromatic carbocycles. The van der Waals surface area contributed by atoms with Gasteiger partial charge in [-0.05, 0) is 43.7 Å². The number of hydrogen-bond donors (Lipinski definition) is 1. The number of rotatable bonds is 7. The fourth-order valence-electron chi connectivity index (χ4n) is 4.74. The van der Waals surface area contributed by atoms with Crippen LogP contribution in [-0.2, 0) is 14.6 Å². The highest BCUT2D eigenvalue weighted by Gasteiger charge is 2.34. The van der Waals surface area contributed by atoms with Crippen LogP contribution < -0.4 is 10.2 Å². The van der Waals surface area contributed by atoms with Gasteiger partial charge < -0.3 is 19.3 Å². The van der Waals surface area contributed by atoms with Crippen molar-refractivity contribution in [3.8, 4) is 0 Å². The van der Waals surface area contributed by atoms with Crippen LogP contribution >= 0.6 is 11.8 Å². The fraction of sp³-hybridized carbons (Fsp3) is 0.480. The molecule has 4 rings (SSSR count). The Morgan fingerprint density at radius 3 is 2.43 bits per heavy atom. The van der Waals surface area contributed by atoms with Gasteiger partial charge in [0.25, 0.3) is 5.91 Å². The highest BCUT2D eigenvalue weighted by atomic mass is 32.3. The van der Waals surface area contributed by atoms with Crippen molar-refractivity contribution in [3.05, 3.63) is 48.0 Å². The van der Waals surface area contributed by atoms with Gasteiger partial charge >= 0.3 is 0 Å². The largest absolute Gasteiger partial charge is 0.726 e. The molecule has 10 heteroatoms. The number of carbonyl (C=O) groups excluding carboxylic acids is 1. The number of benzene rings is 2. The molecule has 0 radical (unpaired) electrons. The van der Waals surface area contributed by atoms with E-state index in [1.807, 2.05) is 6.07 Å². The van der Waals surface area contributed by atoms with Crippen LogP contribution in [0.5, 0.6) is 0 Å². The Hall–Kier alpha value is -2.11. The Morgan fingerprint density at radius 1 is 1.17 bits per heavy atom. The number of carbonyl (C=O) groups is 1. The average Bonchev–Trinajstić information content (AvgIpc) is 3.26. The molecule has 2 aliphatic rings. The zero-order chi connectivity index (χ0) is 25.6. The number of nitrogens with zero attached hydrogens (tertiary/aromatic N) is 2. The Kier molecular flexibility index (Phi) is 9.22. The predicted molar refractivity (Wildman–Crippen MR) is 138 cm³/mol. The maximum absolute atomic E-state index is 12.6. The zero-order valence-corrected chi connectivity index (χ0v) is 22.5. The molecule has 1 atom stereocenters. The molecule has 2 heterocycles. The smallest absolute Gasteiger partial charge is 0.251 e. The van der Waals surface area contributed by atoms with E-state index in [9.17, 15) is 17.8 Å². The molecule has 0 bridgehead atoms. The molecule has 0 aliphatic carbocycles. The van der Waals surface area contributed by atoms with Crippen molar-refractivity contribution in [3.63, 3.8) is 0 Å². The van der Waals surface area contributed by atoms with Crippen molar-refractivity contribution in [1.82, 2.24) is 5.32 Å². The lowest BCUT2D eigenvalue weighted by molar-refractivity contribution is -0.898. The third-order valence-corrected chi connectivity index (χ3v) is 7.90. The van der Waals surface area contributed by atoms with Crippen LogP contribution in [0.25, 0.3) is 0 Å². The minimum Gasteiger partial charge on any atom is -0.726 e. The molecule has 1 saturated heterocycles. The number of anilines is 2. The molecule has 2 aromatic rings. The van der Waals surface area contributed by atoms with Crippen LogP contribution in [-0.4, -0.2) is 69.7 Å². The summed E-state index contributed by atoms with van der Waals surface area (Å²) < 4.78 is 32.2. The van der Waals surface area contributed by atoms with Gasteiger partial charge in [0.15, 0.2) is 0 Å². The van der Waals surface area contributed by atoms with Gasteiger partial charge in [-0.3, -0.25) is 8.98 Å². The summed E-state index contributed by atoms with van der Waals surface area (Å²) in [6.45, 7) is 8.77. The van der Waals surface area contributed by atoms with E-state index >= 15 is 0 Å². The first-order valence-electron chi connectivity index (χ1n) is 11.9. The van der Waals surface area contributed by atoms with E-state index in [1.54, 1.807) is 11.8 Å². The zero-order valence-electron chi connectivity index (χ0n) is 20.8. The lowest BCUT2D eigenvalue weighted by atomic mass is 10.1. The van der Waals surface area contributed by atoms with Gasteiger partial charge in [-0.2, -0.15) is 0 Å². The summed E-state index contributed by atoms with van der Waals surface area (Å²) in [6.07, 6.45) is 3.60. The minimum atomic E-state index is -4.41. The quantitative estimate of drug-likeness (QED) is 0.332. The van der Waals surface area contributed by atoms with Crippen molar-refractivity contribution in [2.24, 2.45) is 0 Å². The van der Waals surface area contributed by atoms with E-state index in [2.05, 4.69) is 71.7 Å². The maximum atomic E-state index is 12.6. The van der Waals surface area contributed by atoms with Crippen LogP contribution in [0.2, 0.25) is 0 Å². The van der Waals surface area contributed by atoms with E-state index in [0.717, 1.165) is 35.8 Å². The molecule has 192 valence electrons. The molecule has 2 aliphatic heterocycles. The van der Waals surface area contributed by atoms with Crippen molar-refractivity contribution in [1.29, 1.82) is 0 Å². The summed E-state index contributed by atoms with van der Waals surface area (Å²) in [4.78, 5) is 17.6. The first-order valence-corrected chi connectivity index (χ1v) is 14.1. The Balaban J connectivity index is 0.000000509. The normalized spacial score (nSPS) is 17.0. The standard InChI is InChI=1S/C24H31N3OS.CH4O4S/c1-4-13-25-24(28)19-11-12-23-21(16-19)26(20-9-5-6-10-22(20)29-23)18(2)17-27(3)14-7-8-15-27;1-5-6(2,3)4/h5-6,9-12,16,18H,4,7-8,13-15,17H2,1-3H3;1H3,(H,2,3,4). The molecular weight excluding hydrogens is 486 g/mol. The summed E-state index contributed by atoms with van der Waals surface area (Å²) in [7, 11) is -1.21. The summed E-state index contributed by atoms with van der Waals surface area (Å²) in [5.41, 5.74) is 3.17. The lowest BCUT2D eigenvalue weighted by Crippen LogP contribution is -2.50. The van der Waals surface area contributed by atoms with E-state index < -0.39 is 10.4 Å².